The van der Waals surface area contributed by atoms with Crippen LogP contribution in [0.3, 0.4) is 0 Å². The minimum atomic E-state index is -1.31. The monoisotopic (exact) mass is 886 g/mol. The number of rotatable bonds is 26. The molecule has 0 saturated carbocycles. The van der Waals surface area contributed by atoms with E-state index < -0.39 is 72.0 Å². The molecule has 2 fully saturated rings. The van der Waals surface area contributed by atoms with Crippen molar-refractivity contribution in [3.63, 3.8) is 0 Å². The summed E-state index contributed by atoms with van der Waals surface area (Å²) in [7, 11) is 0. The van der Waals surface area contributed by atoms with Gasteiger partial charge in [-0.2, -0.15) is 0 Å². The Labute approximate surface area is 377 Å². The number of carbonyl (C=O) groups is 7. The molecule has 5 amide bonds. The Morgan fingerprint density at radius 1 is 0.797 bits per heavy atom. The number of aryl methyl sites for hydroxylation is 1. The van der Waals surface area contributed by atoms with Gasteiger partial charge in [0, 0.05) is 25.9 Å². The first-order valence-corrected chi connectivity index (χ1v) is 22.2. The summed E-state index contributed by atoms with van der Waals surface area (Å²) in [6.45, 7) is 10.8. The van der Waals surface area contributed by atoms with Gasteiger partial charge in [-0.15, -0.1) is 6.42 Å². The van der Waals surface area contributed by atoms with Crippen LogP contribution < -0.4 is 21.3 Å². The molecule has 2 aliphatic rings. The van der Waals surface area contributed by atoms with Gasteiger partial charge in [-0.05, 0) is 55.6 Å². The van der Waals surface area contributed by atoms with Crippen LogP contribution in [-0.2, 0) is 60.6 Å². The van der Waals surface area contributed by atoms with E-state index in [2.05, 4.69) is 27.2 Å². The molecule has 16 nitrogen and oxygen atoms in total. The van der Waals surface area contributed by atoms with Gasteiger partial charge >= 0.3 is 5.97 Å². The Balaban J connectivity index is 1.69. The molecule has 2 aliphatic heterocycles. The third-order valence-corrected chi connectivity index (χ3v) is 11.0. The van der Waals surface area contributed by atoms with Crippen LogP contribution in [0, 0.1) is 24.2 Å². The summed E-state index contributed by atoms with van der Waals surface area (Å²) < 4.78 is 16.5. The number of esters is 1. The Morgan fingerprint density at radius 2 is 1.41 bits per heavy atom. The van der Waals surface area contributed by atoms with Crippen molar-refractivity contribution < 1.29 is 47.8 Å². The standard InChI is InChI=1S/C48H66N6O10/c1-7-22-49-41(55)20-21-43(57)63-32-54(47(61)37(19-18-35-14-10-8-11-15-35)50-42(56)30-53-23-25-62-26-24-53)40(28-34(4)5)46(60)52-39(29-36-16-12-9-13-17-36)45(59)51-38(27-33(2)3)44(58)48(6)31-64-48/h1,8-17,33-34,37-40H,18-32H2,2-6H3,(H,49,55)(H,50,56)(H,51,59)(H,52,60)/t37-,38-,39-,40-,48-/m0/s1. The third kappa shape index (κ3) is 17.2. The smallest absolute Gasteiger partial charge is 0.308 e. The maximum absolute atomic E-state index is 15.0. The molecule has 2 aromatic carbocycles. The minimum absolute atomic E-state index is 0.00692. The topological polar surface area (TPSA) is 205 Å². The average Bonchev–Trinajstić information content (AvgIpc) is 4.03. The highest BCUT2D eigenvalue weighted by molar-refractivity contribution is 5.99. The molecule has 64 heavy (non-hydrogen) atoms. The zero-order chi connectivity index (χ0) is 46.6. The van der Waals surface area contributed by atoms with Gasteiger partial charge in [0.1, 0.15) is 23.7 Å². The van der Waals surface area contributed by atoms with Gasteiger partial charge < -0.3 is 35.5 Å². The lowest BCUT2D eigenvalue weighted by Gasteiger charge is -2.35. The van der Waals surface area contributed by atoms with Gasteiger partial charge in [0.2, 0.25) is 29.5 Å². The zero-order valence-electron chi connectivity index (χ0n) is 37.9. The summed E-state index contributed by atoms with van der Waals surface area (Å²) in [6, 6.07) is 13.9. The first-order valence-electron chi connectivity index (χ1n) is 22.2. The average molecular weight is 887 g/mol. The van der Waals surface area contributed by atoms with Crippen LogP contribution in [-0.4, -0.2) is 134 Å². The van der Waals surface area contributed by atoms with Crippen LogP contribution in [0.4, 0.5) is 0 Å². The molecule has 4 N–H and O–H groups in total. The van der Waals surface area contributed by atoms with E-state index in [4.69, 9.17) is 20.6 Å². The number of hydrogen-bond acceptors (Lipinski definition) is 11. The van der Waals surface area contributed by atoms with E-state index in [1.807, 2.05) is 81.1 Å². The Bertz CT molecular complexity index is 1910. The number of carbonyl (C=O) groups excluding carboxylic acids is 7. The lowest BCUT2D eigenvalue weighted by molar-refractivity contribution is -0.161. The van der Waals surface area contributed by atoms with Gasteiger partial charge in [0.15, 0.2) is 12.5 Å². The van der Waals surface area contributed by atoms with Crippen LogP contribution >= 0.6 is 0 Å². The summed E-state index contributed by atoms with van der Waals surface area (Å²) in [6.07, 6.45) is 5.65. The van der Waals surface area contributed by atoms with Crippen LogP contribution in [0.1, 0.15) is 77.8 Å². The van der Waals surface area contributed by atoms with E-state index in [-0.39, 0.29) is 69.4 Å². The van der Waals surface area contributed by atoms with E-state index in [0.29, 0.717) is 39.1 Å². The van der Waals surface area contributed by atoms with E-state index in [0.717, 1.165) is 16.0 Å². The maximum atomic E-state index is 15.0. The number of terminal acetylenes is 1. The molecule has 0 radical (unpaired) electrons. The number of nitrogens with zero attached hydrogens (tertiary/aromatic N) is 2. The van der Waals surface area contributed by atoms with Gasteiger partial charge in [0.25, 0.3) is 0 Å². The fraction of sp³-hybridized carbons (Fsp3) is 0.562. The van der Waals surface area contributed by atoms with Crippen LogP contribution in [0.15, 0.2) is 60.7 Å². The summed E-state index contributed by atoms with van der Waals surface area (Å²) in [5.74, 6) is -1.83. The lowest BCUT2D eigenvalue weighted by Crippen LogP contribution is -2.60. The number of ether oxygens (including phenoxy) is 3. The van der Waals surface area contributed by atoms with E-state index in [1.165, 1.54) is 0 Å². The number of morpholine rings is 1. The molecular formula is C48H66N6O10. The second kappa shape index (κ2) is 25.6. The first-order chi connectivity index (χ1) is 30.6. The van der Waals surface area contributed by atoms with Gasteiger partial charge in [-0.1, -0.05) is 94.3 Å². The van der Waals surface area contributed by atoms with Crippen LogP contribution in [0.5, 0.6) is 0 Å². The highest BCUT2D eigenvalue weighted by Gasteiger charge is 2.50. The van der Waals surface area contributed by atoms with Crippen molar-refractivity contribution in [1.82, 2.24) is 31.1 Å². The minimum Gasteiger partial charge on any atom is -0.444 e. The van der Waals surface area contributed by atoms with Crippen molar-refractivity contribution in [2.75, 3.05) is 52.7 Å². The molecule has 0 bridgehead atoms. The SMILES string of the molecule is C#CCNC(=O)CCC(=O)OCN(C(=O)[C@H](CCc1ccccc1)NC(=O)CN1CCOCC1)[C@@H](CC(C)C)C(=O)N[C@@H](Cc1ccccc1)C(=O)N[C@@H](CC(C)C)C(=O)[C@]1(C)CO1. The van der Waals surface area contributed by atoms with Crippen LogP contribution in [0.2, 0.25) is 0 Å². The first kappa shape index (κ1) is 51.0. The lowest BCUT2D eigenvalue weighted by atomic mass is 9.93. The fourth-order valence-electron chi connectivity index (χ4n) is 7.33. The quantitative estimate of drug-likeness (QED) is 0.0467. The molecule has 348 valence electrons. The van der Waals surface area contributed by atoms with Crippen molar-refractivity contribution >= 4 is 41.3 Å². The number of benzene rings is 2. The summed E-state index contributed by atoms with van der Waals surface area (Å²) in [5.41, 5.74) is 0.627. The second-order valence-electron chi connectivity index (χ2n) is 17.4. The van der Waals surface area contributed by atoms with E-state index in [1.54, 1.807) is 19.1 Å². The molecule has 16 heteroatoms. The highest BCUT2D eigenvalue weighted by atomic mass is 16.6. The molecular weight excluding hydrogens is 821 g/mol. The number of Topliss-reactive ketones (excluding diaryl/α,β-unsaturated/α-hetero) is 1. The van der Waals surface area contributed by atoms with E-state index >= 15 is 4.79 Å². The molecule has 0 aromatic heterocycles. The third-order valence-electron chi connectivity index (χ3n) is 11.0. The summed E-state index contributed by atoms with van der Waals surface area (Å²) >= 11 is 0. The largest absolute Gasteiger partial charge is 0.444 e. The Hall–Kier alpha value is -5.63. The molecule has 0 spiro atoms. The summed E-state index contributed by atoms with van der Waals surface area (Å²) in [5, 5.41) is 11.2. The molecule has 2 saturated heterocycles. The number of ketones is 1. The predicted octanol–water partition coefficient (Wildman–Crippen LogP) is 2.33. The molecule has 0 unspecified atom stereocenters. The number of nitrogens with one attached hydrogen (secondary N) is 4. The fourth-order valence-corrected chi connectivity index (χ4v) is 7.33. The maximum Gasteiger partial charge on any atom is 0.308 e. The van der Waals surface area contributed by atoms with Crippen molar-refractivity contribution in [2.45, 2.75) is 109 Å². The molecule has 2 heterocycles. The van der Waals surface area contributed by atoms with Gasteiger partial charge in [0.05, 0.1) is 45.4 Å². The second-order valence-corrected chi connectivity index (χ2v) is 17.4. The van der Waals surface area contributed by atoms with Crippen molar-refractivity contribution in [3.8, 4) is 12.3 Å². The van der Waals surface area contributed by atoms with Gasteiger partial charge in [-0.3, -0.25) is 43.4 Å². The summed E-state index contributed by atoms with van der Waals surface area (Å²) in [4.78, 5) is 99.9. The zero-order valence-corrected chi connectivity index (χ0v) is 37.9. The number of amides is 5. The van der Waals surface area contributed by atoms with E-state index in [9.17, 15) is 28.8 Å². The van der Waals surface area contributed by atoms with Crippen molar-refractivity contribution in [2.24, 2.45) is 11.8 Å². The Kier molecular flexibility index (Phi) is 20.4. The molecule has 5 atom stereocenters. The molecule has 4 rings (SSSR count). The number of epoxide rings is 1. The number of hydrogen-bond donors (Lipinski definition) is 4. The van der Waals surface area contributed by atoms with Gasteiger partial charge in [-0.25, -0.2) is 0 Å². The van der Waals surface area contributed by atoms with Crippen LogP contribution in [0.25, 0.3) is 0 Å². The highest BCUT2D eigenvalue weighted by Crippen LogP contribution is 2.30. The predicted molar refractivity (Wildman–Crippen MR) is 239 cm³/mol. The van der Waals surface area contributed by atoms with Crippen molar-refractivity contribution in [3.05, 3.63) is 71.8 Å². The molecule has 0 aliphatic carbocycles. The normalized spacial score (nSPS) is 17.8. The Morgan fingerprint density at radius 3 is 2.00 bits per heavy atom. The molecule has 2 aromatic rings. The van der Waals surface area contributed by atoms with Crippen molar-refractivity contribution in [1.29, 1.82) is 0 Å².